The lowest BCUT2D eigenvalue weighted by atomic mass is 10.0. The summed E-state index contributed by atoms with van der Waals surface area (Å²) < 4.78 is 18.9. The minimum atomic E-state index is -0.230. The Balaban J connectivity index is 1.76. The Hall–Kier alpha value is -1.46. The van der Waals surface area contributed by atoms with E-state index < -0.39 is 0 Å². The Morgan fingerprint density at radius 2 is 2.19 bits per heavy atom. The van der Waals surface area contributed by atoms with Crippen LogP contribution >= 0.6 is 11.3 Å². The Kier molecular flexibility index (Phi) is 4.51. The highest BCUT2D eigenvalue weighted by Crippen LogP contribution is 2.39. The lowest BCUT2D eigenvalue weighted by Crippen LogP contribution is -2.11. The van der Waals surface area contributed by atoms with Crippen LogP contribution in [0.3, 0.4) is 0 Å². The van der Waals surface area contributed by atoms with E-state index in [2.05, 4.69) is 17.2 Å². The van der Waals surface area contributed by atoms with Gasteiger partial charge >= 0.3 is 0 Å². The largest absolute Gasteiger partial charge is 0.373 e. The molecule has 112 valence electrons. The predicted molar refractivity (Wildman–Crippen MR) is 83.7 cm³/mol. The van der Waals surface area contributed by atoms with Gasteiger partial charge in [0, 0.05) is 12.3 Å². The zero-order chi connectivity index (χ0) is 14.7. The van der Waals surface area contributed by atoms with E-state index in [0.717, 1.165) is 48.8 Å². The monoisotopic (exact) mass is 306 g/mol. The molecule has 0 aliphatic heterocycles. The number of fused-ring (bicyclic) bond motifs is 1. The van der Waals surface area contributed by atoms with Crippen LogP contribution < -0.4 is 5.32 Å². The summed E-state index contributed by atoms with van der Waals surface area (Å²) in [6.07, 6.45) is 4.44. The summed E-state index contributed by atoms with van der Waals surface area (Å²) in [5.74, 6) is -0.230. The topological polar surface area (TPSA) is 34.1 Å². The van der Waals surface area contributed by atoms with Crippen molar-refractivity contribution in [2.75, 3.05) is 11.9 Å². The van der Waals surface area contributed by atoms with Crippen molar-refractivity contribution >= 4 is 22.2 Å². The highest BCUT2D eigenvalue weighted by Gasteiger charge is 2.25. The quantitative estimate of drug-likeness (QED) is 0.859. The molecule has 21 heavy (non-hydrogen) atoms. The van der Waals surface area contributed by atoms with Gasteiger partial charge in [-0.05, 0) is 49.9 Å². The molecule has 0 saturated heterocycles. The van der Waals surface area contributed by atoms with Gasteiger partial charge in [-0.15, -0.1) is 0 Å². The Morgan fingerprint density at radius 3 is 2.95 bits per heavy atom. The number of aromatic nitrogens is 1. The second kappa shape index (κ2) is 6.54. The number of hydrogen-bond acceptors (Lipinski definition) is 4. The maximum Gasteiger partial charge on any atom is 0.187 e. The van der Waals surface area contributed by atoms with E-state index in [-0.39, 0.29) is 11.9 Å². The van der Waals surface area contributed by atoms with Gasteiger partial charge in [0.2, 0.25) is 0 Å². The maximum atomic E-state index is 12.9. The van der Waals surface area contributed by atoms with Crippen LogP contribution in [0.2, 0.25) is 0 Å². The van der Waals surface area contributed by atoms with Crippen molar-refractivity contribution in [3.8, 4) is 0 Å². The Labute approximate surface area is 128 Å². The van der Waals surface area contributed by atoms with Gasteiger partial charge in [-0.1, -0.05) is 18.3 Å². The molecule has 1 heterocycles. The van der Waals surface area contributed by atoms with Gasteiger partial charge in [-0.2, -0.15) is 0 Å². The van der Waals surface area contributed by atoms with Gasteiger partial charge in [0.15, 0.2) is 5.13 Å². The maximum absolute atomic E-state index is 12.9. The summed E-state index contributed by atoms with van der Waals surface area (Å²) in [6.45, 7) is 2.92. The molecule has 1 aliphatic rings. The first kappa shape index (κ1) is 14.5. The molecule has 1 aromatic heterocycles. The zero-order valence-electron chi connectivity index (χ0n) is 12.1. The molecule has 0 amide bonds. The van der Waals surface area contributed by atoms with Crippen molar-refractivity contribution in [1.82, 2.24) is 4.98 Å². The Morgan fingerprint density at radius 1 is 1.38 bits per heavy atom. The number of aryl methyl sites for hydroxylation is 1. The molecule has 0 fully saturated rings. The van der Waals surface area contributed by atoms with Crippen LogP contribution in [0.25, 0.3) is 0 Å². The standard InChI is InChI=1S/C16H19FN2OS/c1-2-10-20-14-5-3-4-13-15(14)21-16(19-13)18-12-8-6-11(17)7-9-12/h6-9,14H,2-5,10H2,1H3,(H,18,19). The number of rotatable bonds is 5. The number of nitrogens with zero attached hydrogens (tertiary/aromatic N) is 1. The smallest absolute Gasteiger partial charge is 0.187 e. The minimum absolute atomic E-state index is 0.190. The molecular formula is C16H19FN2OS. The van der Waals surface area contributed by atoms with Crippen molar-refractivity contribution in [2.24, 2.45) is 0 Å². The van der Waals surface area contributed by atoms with Gasteiger partial charge in [-0.3, -0.25) is 0 Å². The van der Waals surface area contributed by atoms with Crippen molar-refractivity contribution < 1.29 is 9.13 Å². The summed E-state index contributed by atoms with van der Waals surface area (Å²) in [7, 11) is 0. The molecule has 1 unspecified atom stereocenters. The molecule has 0 saturated carbocycles. The third kappa shape index (κ3) is 3.41. The van der Waals surface area contributed by atoms with Gasteiger partial charge < -0.3 is 10.1 Å². The fraction of sp³-hybridized carbons (Fsp3) is 0.438. The molecule has 1 aliphatic carbocycles. The van der Waals surface area contributed by atoms with Crippen LogP contribution in [-0.2, 0) is 11.2 Å². The number of benzene rings is 1. The molecule has 0 radical (unpaired) electrons. The van der Waals surface area contributed by atoms with Crippen LogP contribution in [0.5, 0.6) is 0 Å². The van der Waals surface area contributed by atoms with E-state index >= 15 is 0 Å². The van der Waals surface area contributed by atoms with Gasteiger partial charge in [0.25, 0.3) is 0 Å². The van der Waals surface area contributed by atoms with Gasteiger partial charge in [0.1, 0.15) is 5.82 Å². The minimum Gasteiger partial charge on any atom is -0.373 e. The van der Waals surface area contributed by atoms with E-state index in [0.29, 0.717) is 0 Å². The highest BCUT2D eigenvalue weighted by molar-refractivity contribution is 7.15. The number of nitrogens with one attached hydrogen (secondary N) is 1. The summed E-state index contributed by atoms with van der Waals surface area (Å²) in [5.41, 5.74) is 2.01. The average molecular weight is 306 g/mol. The summed E-state index contributed by atoms with van der Waals surface area (Å²) in [5, 5.41) is 4.11. The van der Waals surface area contributed by atoms with Crippen molar-refractivity contribution in [3.63, 3.8) is 0 Å². The lowest BCUT2D eigenvalue weighted by molar-refractivity contribution is 0.0434. The first-order valence-electron chi connectivity index (χ1n) is 7.40. The molecule has 3 rings (SSSR count). The summed E-state index contributed by atoms with van der Waals surface area (Å²) in [6, 6.07) is 6.34. The van der Waals surface area contributed by atoms with Gasteiger partial charge in [0.05, 0.1) is 16.7 Å². The Bertz CT molecular complexity index is 597. The third-order valence-electron chi connectivity index (χ3n) is 3.52. The van der Waals surface area contributed by atoms with Crippen LogP contribution in [0.4, 0.5) is 15.2 Å². The first-order chi connectivity index (χ1) is 10.3. The molecule has 1 atom stereocenters. The SMILES string of the molecule is CCCOC1CCCc2nc(Nc3ccc(F)cc3)sc21. The molecule has 5 heteroatoms. The van der Waals surface area contributed by atoms with Gasteiger partial charge in [-0.25, -0.2) is 9.37 Å². The number of ether oxygens (including phenoxy) is 1. The molecule has 1 aromatic carbocycles. The molecule has 3 nitrogen and oxygen atoms in total. The third-order valence-corrected chi connectivity index (χ3v) is 4.62. The molecule has 1 N–H and O–H groups in total. The molecule has 2 aromatic rings. The number of thiazole rings is 1. The summed E-state index contributed by atoms with van der Waals surface area (Å²) in [4.78, 5) is 5.91. The van der Waals surface area contributed by atoms with E-state index in [4.69, 9.17) is 4.74 Å². The molecule has 0 bridgehead atoms. The van der Waals surface area contributed by atoms with E-state index in [9.17, 15) is 4.39 Å². The van der Waals surface area contributed by atoms with Crippen LogP contribution in [0, 0.1) is 5.82 Å². The van der Waals surface area contributed by atoms with Crippen molar-refractivity contribution in [3.05, 3.63) is 40.7 Å². The van der Waals surface area contributed by atoms with E-state index in [1.807, 2.05) is 0 Å². The summed E-state index contributed by atoms with van der Waals surface area (Å²) >= 11 is 1.65. The normalized spacial score (nSPS) is 17.5. The predicted octanol–water partition coefficient (Wildman–Crippen LogP) is 4.83. The van der Waals surface area contributed by atoms with E-state index in [1.165, 1.54) is 17.0 Å². The lowest BCUT2D eigenvalue weighted by Gasteiger charge is -2.21. The molecular weight excluding hydrogens is 287 g/mol. The molecule has 0 spiro atoms. The van der Waals surface area contributed by atoms with Crippen LogP contribution in [0.1, 0.15) is 42.9 Å². The van der Waals surface area contributed by atoms with Crippen molar-refractivity contribution in [1.29, 1.82) is 0 Å². The fourth-order valence-corrected chi connectivity index (χ4v) is 3.63. The van der Waals surface area contributed by atoms with Crippen molar-refractivity contribution in [2.45, 2.75) is 38.7 Å². The average Bonchev–Trinajstić information content (AvgIpc) is 2.90. The van der Waals surface area contributed by atoms with Crippen LogP contribution in [-0.4, -0.2) is 11.6 Å². The highest BCUT2D eigenvalue weighted by atomic mass is 32.1. The number of halogens is 1. The second-order valence-electron chi connectivity index (χ2n) is 5.21. The second-order valence-corrected chi connectivity index (χ2v) is 6.24. The number of hydrogen-bond donors (Lipinski definition) is 1. The first-order valence-corrected chi connectivity index (χ1v) is 8.21. The fourth-order valence-electron chi connectivity index (χ4n) is 2.51. The zero-order valence-corrected chi connectivity index (χ0v) is 12.9. The van der Waals surface area contributed by atoms with E-state index in [1.54, 1.807) is 23.5 Å². The van der Waals surface area contributed by atoms with Crippen LogP contribution in [0.15, 0.2) is 24.3 Å². The number of anilines is 2.